The molecule has 1 heterocycles. The lowest BCUT2D eigenvalue weighted by molar-refractivity contribution is -0.123. The van der Waals surface area contributed by atoms with Crippen LogP contribution in [0.25, 0.3) is 0 Å². The molecular formula is C17H33ClN2O. The van der Waals surface area contributed by atoms with Gasteiger partial charge in [-0.2, -0.15) is 0 Å². The van der Waals surface area contributed by atoms with Gasteiger partial charge in [-0.25, -0.2) is 0 Å². The first kappa shape index (κ1) is 18.8. The Morgan fingerprint density at radius 2 is 1.95 bits per heavy atom. The Morgan fingerprint density at radius 1 is 1.24 bits per heavy atom. The van der Waals surface area contributed by atoms with Crippen molar-refractivity contribution in [1.82, 2.24) is 10.6 Å². The molecular weight excluding hydrogens is 284 g/mol. The molecule has 2 atom stereocenters. The molecule has 4 heteroatoms. The number of halogens is 1. The van der Waals surface area contributed by atoms with Crippen LogP contribution >= 0.6 is 12.4 Å². The van der Waals surface area contributed by atoms with Crippen molar-refractivity contribution >= 4 is 18.3 Å². The van der Waals surface area contributed by atoms with Gasteiger partial charge in [0.25, 0.3) is 0 Å². The highest BCUT2D eigenvalue weighted by Gasteiger charge is 2.25. The zero-order chi connectivity index (χ0) is 14.4. The van der Waals surface area contributed by atoms with Crippen molar-refractivity contribution in [2.24, 2.45) is 17.8 Å². The Balaban J connectivity index is 0.00000220. The maximum Gasteiger partial charge on any atom is 0.220 e. The molecule has 0 spiro atoms. The van der Waals surface area contributed by atoms with E-state index in [0.717, 1.165) is 19.0 Å². The van der Waals surface area contributed by atoms with E-state index in [1.807, 2.05) is 0 Å². The highest BCUT2D eigenvalue weighted by atomic mass is 35.5. The number of rotatable bonds is 5. The molecule has 1 aliphatic carbocycles. The predicted molar refractivity (Wildman–Crippen MR) is 90.8 cm³/mol. The first-order chi connectivity index (χ1) is 9.69. The molecule has 2 fully saturated rings. The molecule has 0 aromatic heterocycles. The van der Waals surface area contributed by atoms with Crippen LogP contribution in [0, 0.1) is 17.8 Å². The third-order valence-corrected chi connectivity index (χ3v) is 5.44. The average Bonchev–Trinajstić information content (AvgIpc) is 2.49. The summed E-state index contributed by atoms with van der Waals surface area (Å²) in [6, 6.07) is 0.446. The lowest BCUT2D eigenvalue weighted by Gasteiger charge is -2.30. The minimum atomic E-state index is 0. The summed E-state index contributed by atoms with van der Waals surface area (Å²) in [5.41, 5.74) is 0. The molecule has 1 saturated carbocycles. The van der Waals surface area contributed by atoms with E-state index in [-0.39, 0.29) is 18.3 Å². The van der Waals surface area contributed by atoms with E-state index in [0.29, 0.717) is 24.3 Å². The maximum absolute atomic E-state index is 12.2. The monoisotopic (exact) mass is 316 g/mol. The van der Waals surface area contributed by atoms with E-state index in [1.165, 1.54) is 44.9 Å². The van der Waals surface area contributed by atoms with Gasteiger partial charge in [-0.05, 0) is 69.4 Å². The zero-order valence-electron chi connectivity index (χ0n) is 13.7. The molecule has 0 aromatic rings. The van der Waals surface area contributed by atoms with Crippen molar-refractivity contribution in [1.29, 1.82) is 0 Å². The first-order valence-corrected chi connectivity index (χ1v) is 8.69. The van der Waals surface area contributed by atoms with E-state index < -0.39 is 0 Å². The van der Waals surface area contributed by atoms with Crippen LogP contribution in [0.4, 0.5) is 0 Å². The highest BCUT2D eigenvalue weighted by molar-refractivity contribution is 5.85. The summed E-state index contributed by atoms with van der Waals surface area (Å²) >= 11 is 0. The van der Waals surface area contributed by atoms with Crippen LogP contribution in [0.1, 0.15) is 65.2 Å². The van der Waals surface area contributed by atoms with Crippen LogP contribution in [0.15, 0.2) is 0 Å². The molecule has 1 aliphatic heterocycles. The molecule has 1 saturated heterocycles. The number of hydrogen-bond acceptors (Lipinski definition) is 2. The predicted octanol–water partition coefficient (Wildman–Crippen LogP) is 3.52. The van der Waals surface area contributed by atoms with Crippen molar-refractivity contribution in [2.45, 2.75) is 71.3 Å². The molecule has 2 rings (SSSR count). The van der Waals surface area contributed by atoms with Gasteiger partial charge in [-0.1, -0.05) is 20.3 Å². The smallest absolute Gasteiger partial charge is 0.220 e. The molecule has 0 aromatic carbocycles. The Labute approximate surface area is 136 Å². The summed E-state index contributed by atoms with van der Waals surface area (Å²) in [7, 11) is 0. The van der Waals surface area contributed by atoms with Gasteiger partial charge in [-0.15, -0.1) is 12.4 Å². The van der Waals surface area contributed by atoms with E-state index in [2.05, 4.69) is 24.5 Å². The first-order valence-electron chi connectivity index (χ1n) is 8.69. The summed E-state index contributed by atoms with van der Waals surface area (Å²) < 4.78 is 0. The molecule has 2 unspecified atom stereocenters. The summed E-state index contributed by atoms with van der Waals surface area (Å²) in [6.07, 6.45) is 9.51. The van der Waals surface area contributed by atoms with Gasteiger partial charge >= 0.3 is 0 Å². The summed E-state index contributed by atoms with van der Waals surface area (Å²) in [5.74, 6) is 2.37. The largest absolute Gasteiger partial charge is 0.353 e. The van der Waals surface area contributed by atoms with E-state index in [4.69, 9.17) is 0 Å². The molecule has 21 heavy (non-hydrogen) atoms. The number of piperidine rings is 1. The Morgan fingerprint density at radius 3 is 2.52 bits per heavy atom. The van der Waals surface area contributed by atoms with Crippen molar-refractivity contribution in [3.05, 3.63) is 0 Å². The van der Waals surface area contributed by atoms with Gasteiger partial charge in [0.2, 0.25) is 5.91 Å². The van der Waals surface area contributed by atoms with Crippen molar-refractivity contribution in [2.75, 3.05) is 13.1 Å². The Bertz CT molecular complexity index is 297. The molecule has 3 nitrogen and oxygen atoms in total. The molecule has 0 radical (unpaired) electrons. The van der Waals surface area contributed by atoms with Crippen LogP contribution in [0.3, 0.4) is 0 Å². The fourth-order valence-corrected chi connectivity index (χ4v) is 3.83. The lowest BCUT2D eigenvalue weighted by Crippen LogP contribution is -2.40. The van der Waals surface area contributed by atoms with Crippen molar-refractivity contribution in [3.63, 3.8) is 0 Å². The van der Waals surface area contributed by atoms with Crippen LogP contribution < -0.4 is 10.6 Å². The normalized spacial score (nSPS) is 31.0. The van der Waals surface area contributed by atoms with Crippen molar-refractivity contribution in [3.8, 4) is 0 Å². The van der Waals surface area contributed by atoms with E-state index in [9.17, 15) is 4.79 Å². The van der Waals surface area contributed by atoms with Crippen LogP contribution in [-0.2, 0) is 4.79 Å². The molecule has 124 valence electrons. The van der Waals surface area contributed by atoms with Crippen LogP contribution in [0.5, 0.6) is 0 Å². The fourth-order valence-electron chi connectivity index (χ4n) is 3.83. The number of carbonyl (C=O) groups excluding carboxylic acids is 1. The maximum atomic E-state index is 12.2. The second kappa shape index (κ2) is 9.68. The standard InChI is InChI=1S/C17H32N2O.ClH/c1-3-14-6-8-16(9-7-14)19-17(20)11-13(2)15-5-4-10-18-12-15;/h13-16,18H,3-12H2,1-2H3,(H,19,20);1H. The fraction of sp³-hybridized carbons (Fsp3) is 0.941. The van der Waals surface area contributed by atoms with Gasteiger partial charge in [0.05, 0.1) is 0 Å². The Kier molecular flexibility index (Phi) is 8.65. The van der Waals surface area contributed by atoms with E-state index >= 15 is 0 Å². The second-order valence-corrected chi connectivity index (χ2v) is 6.98. The number of nitrogens with one attached hydrogen (secondary N) is 2. The Hall–Kier alpha value is -0.280. The minimum Gasteiger partial charge on any atom is -0.353 e. The number of hydrogen-bond donors (Lipinski definition) is 2. The SMILES string of the molecule is CCC1CCC(NC(=O)CC(C)C2CCCNC2)CC1.Cl. The van der Waals surface area contributed by atoms with Crippen molar-refractivity contribution < 1.29 is 4.79 Å². The topological polar surface area (TPSA) is 41.1 Å². The number of carbonyl (C=O) groups is 1. The van der Waals surface area contributed by atoms with E-state index in [1.54, 1.807) is 0 Å². The second-order valence-electron chi connectivity index (χ2n) is 6.98. The van der Waals surface area contributed by atoms with Gasteiger partial charge < -0.3 is 10.6 Å². The third kappa shape index (κ3) is 6.15. The zero-order valence-corrected chi connectivity index (χ0v) is 14.5. The summed E-state index contributed by atoms with van der Waals surface area (Å²) in [6.45, 7) is 6.76. The van der Waals surface area contributed by atoms with Gasteiger partial charge in [0.15, 0.2) is 0 Å². The van der Waals surface area contributed by atoms with Gasteiger partial charge in [0.1, 0.15) is 0 Å². The molecule has 2 aliphatic rings. The van der Waals surface area contributed by atoms with Crippen LogP contribution in [-0.4, -0.2) is 25.0 Å². The average molecular weight is 317 g/mol. The molecule has 2 N–H and O–H groups in total. The number of amides is 1. The van der Waals surface area contributed by atoms with Crippen LogP contribution in [0.2, 0.25) is 0 Å². The molecule has 0 bridgehead atoms. The third-order valence-electron chi connectivity index (χ3n) is 5.44. The molecule has 1 amide bonds. The quantitative estimate of drug-likeness (QED) is 0.815. The summed E-state index contributed by atoms with van der Waals surface area (Å²) in [5, 5.41) is 6.72. The summed E-state index contributed by atoms with van der Waals surface area (Å²) in [4.78, 5) is 12.2. The van der Waals surface area contributed by atoms with Gasteiger partial charge in [0, 0.05) is 12.5 Å². The lowest BCUT2D eigenvalue weighted by atomic mass is 9.83. The highest BCUT2D eigenvalue weighted by Crippen LogP contribution is 2.27. The minimum absolute atomic E-state index is 0. The van der Waals surface area contributed by atoms with Gasteiger partial charge in [-0.3, -0.25) is 4.79 Å².